The Kier molecular flexibility index (Phi) is 4.37. The number of piperidine rings is 1. The fourth-order valence-corrected chi connectivity index (χ4v) is 6.78. The number of nitrogens with zero attached hydrogens (tertiary/aromatic N) is 1. The third kappa shape index (κ3) is 3.09. The van der Waals surface area contributed by atoms with Gasteiger partial charge in [-0.15, -0.1) is 0 Å². The first-order valence-electron chi connectivity index (χ1n) is 10.9. The molecule has 2 amide bonds. The van der Waals surface area contributed by atoms with Crippen LogP contribution in [0.25, 0.3) is 0 Å². The lowest BCUT2D eigenvalue weighted by Crippen LogP contribution is -2.56. The molecule has 1 heterocycles. The zero-order chi connectivity index (χ0) is 19.3. The van der Waals surface area contributed by atoms with Crippen LogP contribution in [0.1, 0.15) is 61.7 Å². The molecule has 4 saturated carbocycles. The number of phenolic OH excluding ortho intramolecular Hbond substituents is 1. The van der Waals surface area contributed by atoms with Gasteiger partial charge in [0.1, 0.15) is 5.75 Å². The predicted octanol–water partition coefficient (Wildman–Crippen LogP) is 3.33. The SMILES string of the molecule is O=C(c1ccccc1O)N1CCC(NC(=O)C23CC4CC(CC(C4)C2)C3)CC1. The highest BCUT2D eigenvalue weighted by Gasteiger charge is 2.54. The molecule has 1 aromatic rings. The van der Waals surface area contributed by atoms with E-state index in [2.05, 4.69) is 5.32 Å². The van der Waals surface area contributed by atoms with E-state index in [1.165, 1.54) is 19.3 Å². The number of rotatable bonds is 3. The van der Waals surface area contributed by atoms with Gasteiger partial charge in [-0.3, -0.25) is 9.59 Å². The Bertz CT molecular complexity index is 747. The smallest absolute Gasteiger partial charge is 0.257 e. The van der Waals surface area contributed by atoms with E-state index < -0.39 is 0 Å². The van der Waals surface area contributed by atoms with Gasteiger partial charge in [-0.2, -0.15) is 0 Å². The average Bonchev–Trinajstić information content (AvgIpc) is 2.67. The number of aromatic hydroxyl groups is 1. The van der Waals surface area contributed by atoms with Gasteiger partial charge in [0, 0.05) is 24.5 Å². The van der Waals surface area contributed by atoms with Crippen LogP contribution in [0.4, 0.5) is 0 Å². The molecular weight excluding hydrogens is 352 g/mol. The van der Waals surface area contributed by atoms with Crippen molar-refractivity contribution in [3.63, 3.8) is 0 Å². The number of likely N-dealkylation sites (tertiary alicyclic amines) is 1. The summed E-state index contributed by atoms with van der Waals surface area (Å²) >= 11 is 0. The van der Waals surface area contributed by atoms with Crippen molar-refractivity contribution >= 4 is 11.8 Å². The average molecular weight is 383 g/mol. The van der Waals surface area contributed by atoms with Crippen molar-refractivity contribution in [1.82, 2.24) is 10.2 Å². The molecule has 1 aliphatic heterocycles. The van der Waals surface area contributed by atoms with Crippen LogP contribution in [0.2, 0.25) is 0 Å². The van der Waals surface area contributed by atoms with Gasteiger partial charge in [-0.1, -0.05) is 12.1 Å². The molecule has 5 nitrogen and oxygen atoms in total. The predicted molar refractivity (Wildman–Crippen MR) is 106 cm³/mol. The Hall–Kier alpha value is -2.04. The maximum atomic E-state index is 13.2. The number of hydrogen-bond acceptors (Lipinski definition) is 3. The van der Waals surface area contributed by atoms with Crippen LogP contribution in [-0.2, 0) is 4.79 Å². The molecule has 0 radical (unpaired) electrons. The second-order valence-electron chi connectivity index (χ2n) is 9.75. The standard InChI is InChI=1S/C23H30N2O3/c26-20-4-2-1-3-19(20)21(27)25-7-5-18(6-8-25)24-22(28)23-12-15-9-16(13-23)11-17(10-15)14-23/h1-4,15-18,26H,5-14H2,(H,24,28). The molecule has 0 spiro atoms. The summed E-state index contributed by atoms with van der Waals surface area (Å²) in [5.41, 5.74) is 0.260. The molecular formula is C23H30N2O3. The largest absolute Gasteiger partial charge is 0.507 e. The number of benzene rings is 1. The van der Waals surface area contributed by atoms with E-state index >= 15 is 0 Å². The molecule has 150 valence electrons. The molecule has 5 fully saturated rings. The fourth-order valence-electron chi connectivity index (χ4n) is 6.78. The third-order valence-electron chi connectivity index (χ3n) is 7.77. The highest BCUT2D eigenvalue weighted by atomic mass is 16.3. The van der Waals surface area contributed by atoms with Crippen molar-refractivity contribution in [2.45, 2.75) is 57.4 Å². The molecule has 4 bridgehead atoms. The first-order chi connectivity index (χ1) is 13.5. The second-order valence-corrected chi connectivity index (χ2v) is 9.75. The minimum atomic E-state index is -0.121. The summed E-state index contributed by atoms with van der Waals surface area (Å²) in [6, 6.07) is 6.86. The van der Waals surface area contributed by atoms with Crippen molar-refractivity contribution in [2.75, 3.05) is 13.1 Å². The number of amides is 2. The van der Waals surface area contributed by atoms with E-state index in [1.807, 2.05) is 0 Å². The van der Waals surface area contributed by atoms with Crippen molar-refractivity contribution in [2.24, 2.45) is 23.2 Å². The minimum Gasteiger partial charge on any atom is -0.507 e. The van der Waals surface area contributed by atoms with Crippen molar-refractivity contribution < 1.29 is 14.7 Å². The van der Waals surface area contributed by atoms with E-state index in [0.29, 0.717) is 18.7 Å². The number of para-hydroxylation sites is 1. The summed E-state index contributed by atoms with van der Waals surface area (Å²) in [6.07, 6.45) is 8.90. The number of nitrogens with one attached hydrogen (secondary N) is 1. The molecule has 5 aliphatic rings. The van der Waals surface area contributed by atoms with E-state index in [-0.39, 0.29) is 29.0 Å². The lowest BCUT2D eigenvalue weighted by molar-refractivity contribution is -0.147. The summed E-state index contributed by atoms with van der Waals surface area (Å²) in [6.45, 7) is 1.25. The van der Waals surface area contributed by atoms with Crippen LogP contribution < -0.4 is 5.32 Å². The summed E-state index contributed by atoms with van der Waals surface area (Å²) in [5, 5.41) is 13.3. The van der Waals surface area contributed by atoms with Gasteiger partial charge in [-0.05, 0) is 81.3 Å². The van der Waals surface area contributed by atoms with Crippen LogP contribution >= 0.6 is 0 Å². The van der Waals surface area contributed by atoms with Gasteiger partial charge in [0.05, 0.1) is 5.56 Å². The highest BCUT2D eigenvalue weighted by molar-refractivity contribution is 5.96. The highest BCUT2D eigenvalue weighted by Crippen LogP contribution is 2.60. The van der Waals surface area contributed by atoms with E-state index in [9.17, 15) is 14.7 Å². The Morgan fingerprint density at radius 3 is 2.11 bits per heavy atom. The van der Waals surface area contributed by atoms with Gasteiger partial charge in [0.2, 0.25) is 5.91 Å². The zero-order valence-corrected chi connectivity index (χ0v) is 16.4. The van der Waals surface area contributed by atoms with Crippen molar-refractivity contribution in [3.8, 4) is 5.75 Å². The molecule has 0 aromatic heterocycles. The second kappa shape index (κ2) is 6.78. The van der Waals surface area contributed by atoms with Crippen molar-refractivity contribution in [3.05, 3.63) is 29.8 Å². The number of carbonyl (C=O) groups excluding carboxylic acids is 2. The molecule has 1 aromatic carbocycles. The number of carbonyl (C=O) groups is 2. The molecule has 28 heavy (non-hydrogen) atoms. The minimum absolute atomic E-state index is 0.0322. The molecule has 1 saturated heterocycles. The molecule has 5 heteroatoms. The molecule has 2 N–H and O–H groups in total. The van der Waals surface area contributed by atoms with Crippen molar-refractivity contribution in [1.29, 1.82) is 0 Å². The summed E-state index contributed by atoms with van der Waals surface area (Å²) in [7, 11) is 0. The van der Waals surface area contributed by atoms with Crippen LogP contribution in [0.15, 0.2) is 24.3 Å². The Labute approximate surface area is 166 Å². The fraction of sp³-hybridized carbons (Fsp3) is 0.652. The summed E-state index contributed by atoms with van der Waals surface area (Å²) in [4.78, 5) is 27.7. The number of phenols is 1. The molecule has 4 aliphatic carbocycles. The molecule has 0 unspecified atom stereocenters. The molecule has 0 atom stereocenters. The van der Waals surface area contributed by atoms with Crippen LogP contribution in [0, 0.1) is 23.2 Å². The van der Waals surface area contributed by atoms with Crippen LogP contribution in [-0.4, -0.2) is 41.0 Å². The van der Waals surface area contributed by atoms with Crippen LogP contribution in [0.3, 0.4) is 0 Å². The summed E-state index contributed by atoms with van der Waals surface area (Å²) < 4.78 is 0. The lowest BCUT2D eigenvalue weighted by atomic mass is 9.49. The van der Waals surface area contributed by atoms with E-state index in [1.54, 1.807) is 29.2 Å². The Morgan fingerprint density at radius 1 is 0.964 bits per heavy atom. The monoisotopic (exact) mass is 382 g/mol. The quantitative estimate of drug-likeness (QED) is 0.842. The maximum Gasteiger partial charge on any atom is 0.257 e. The van der Waals surface area contributed by atoms with Gasteiger partial charge in [0.15, 0.2) is 0 Å². The van der Waals surface area contributed by atoms with Crippen LogP contribution in [0.5, 0.6) is 5.75 Å². The normalized spacial score (nSPS) is 34.4. The number of hydrogen-bond donors (Lipinski definition) is 2. The van der Waals surface area contributed by atoms with Gasteiger partial charge >= 0.3 is 0 Å². The van der Waals surface area contributed by atoms with Gasteiger partial charge in [-0.25, -0.2) is 0 Å². The molecule has 6 rings (SSSR count). The summed E-state index contributed by atoms with van der Waals surface area (Å²) in [5.74, 6) is 2.52. The first kappa shape index (κ1) is 18.0. The van der Waals surface area contributed by atoms with E-state index in [0.717, 1.165) is 49.9 Å². The third-order valence-corrected chi connectivity index (χ3v) is 7.77. The van der Waals surface area contributed by atoms with Gasteiger partial charge in [0.25, 0.3) is 5.91 Å². The van der Waals surface area contributed by atoms with E-state index in [4.69, 9.17) is 0 Å². The first-order valence-corrected chi connectivity index (χ1v) is 10.9. The topological polar surface area (TPSA) is 69.6 Å². The lowest BCUT2D eigenvalue weighted by Gasteiger charge is -2.56. The van der Waals surface area contributed by atoms with Gasteiger partial charge < -0.3 is 15.3 Å². The Morgan fingerprint density at radius 2 is 1.54 bits per heavy atom. The zero-order valence-electron chi connectivity index (χ0n) is 16.4. The maximum absolute atomic E-state index is 13.2. The Balaban J connectivity index is 1.18.